The molecule has 0 radical (unpaired) electrons. The lowest BCUT2D eigenvalue weighted by Gasteiger charge is -1.80. The summed E-state index contributed by atoms with van der Waals surface area (Å²) in [6.07, 6.45) is 5.56. The third kappa shape index (κ3) is 4.76. The summed E-state index contributed by atoms with van der Waals surface area (Å²) in [5, 5.41) is 7.27. The Bertz CT molecular complexity index is 554. The molecule has 3 rings (SSSR count). The fourth-order valence-corrected chi connectivity index (χ4v) is 1.37. The highest BCUT2D eigenvalue weighted by Gasteiger charge is 2.05. The molecule has 0 aliphatic rings. The van der Waals surface area contributed by atoms with Gasteiger partial charge in [-0.1, -0.05) is 20.8 Å². The average Bonchev–Trinajstić information content (AvgIpc) is 3.23. The summed E-state index contributed by atoms with van der Waals surface area (Å²) in [4.78, 5) is 0. The Labute approximate surface area is 118 Å². The van der Waals surface area contributed by atoms with Gasteiger partial charge in [-0.3, -0.25) is 0 Å². The second kappa shape index (κ2) is 8.74. The topological polar surface area (TPSA) is 65.2 Å². The van der Waals surface area contributed by atoms with Crippen LogP contribution in [0.15, 0.2) is 50.4 Å². The number of furan rings is 2. The van der Waals surface area contributed by atoms with E-state index in [-0.39, 0.29) is 0 Å². The van der Waals surface area contributed by atoms with Gasteiger partial charge in [-0.05, 0) is 25.1 Å². The molecule has 3 aromatic rings. The van der Waals surface area contributed by atoms with Crippen molar-refractivity contribution in [3.05, 3.63) is 48.6 Å². The highest BCUT2D eigenvalue weighted by Crippen LogP contribution is 2.18. The second-order valence-corrected chi connectivity index (χ2v) is 3.62. The van der Waals surface area contributed by atoms with Crippen molar-refractivity contribution < 1.29 is 13.3 Å². The summed E-state index contributed by atoms with van der Waals surface area (Å²) in [7, 11) is 0. The van der Waals surface area contributed by atoms with Crippen LogP contribution in [0.1, 0.15) is 32.3 Å². The molecule has 3 aromatic heterocycles. The number of aryl methyl sites for hydroxylation is 2. The summed E-state index contributed by atoms with van der Waals surface area (Å²) in [5.41, 5.74) is 0.819. The molecule has 0 saturated carbocycles. The third-order valence-electron chi connectivity index (χ3n) is 2.27. The molecule has 0 fully saturated rings. The van der Waals surface area contributed by atoms with Gasteiger partial charge in [0, 0.05) is 6.42 Å². The van der Waals surface area contributed by atoms with Gasteiger partial charge in [-0.2, -0.15) is 0 Å². The van der Waals surface area contributed by atoms with Crippen molar-refractivity contribution in [3.8, 4) is 11.5 Å². The Morgan fingerprint density at radius 3 is 2.35 bits per heavy atom. The summed E-state index contributed by atoms with van der Waals surface area (Å²) in [6, 6.07) is 5.71. The predicted molar refractivity (Wildman–Crippen MR) is 76.2 cm³/mol. The van der Waals surface area contributed by atoms with Crippen molar-refractivity contribution in [1.29, 1.82) is 0 Å². The van der Waals surface area contributed by atoms with Gasteiger partial charge in [0.2, 0.25) is 6.39 Å². The maximum Gasteiger partial charge on any atom is 0.250 e. The van der Waals surface area contributed by atoms with Gasteiger partial charge in [0.15, 0.2) is 0 Å². The number of rotatable bonds is 2. The summed E-state index contributed by atoms with van der Waals surface area (Å²) >= 11 is 0. The summed E-state index contributed by atoms with van der Waals surface area (Å²) in [6.45, 7) is 7.93. The molecular weight excluding hydrogens is 256 g/mol. The molecule has 20 heavy (non-hydrogen) atoms. The van der Waals surface area contributed by atoms with Gasteiger partial charge >= 0.3 is 0 Å². The Kier molecular flexibility index (Phi) is 6.89. The van der Waals surface area contributed by atoms with Crippen LogP contribution in [0.25, 0.3) is 11.5 Å². The fraction of sp³-hybridized carbons (Fsp3) is 0.333. The number of hydrogen-bond donors (Lipinski definition) is 0. The van der Waals surface area contributed by atoms with Crippen molar-refractivity contribution in [2.75, 3.05) is 0 Å². The first-order chi connectivity index (χ1) is 9.79. The first-order valence-electron chi connectivity index (χ1n) is 6.63. The lowest BCUT2D eigenvalue weighted by Crippen LogP contribution is -1.71. The Morgan fingerprint density at radius 1 is 1.15 bits per heavy atom. The molecule has 0 atom stereocenters. The molecule has 0 aromatic carbocycles. The first kappa shape index (κ1) is 15.8. The first-order valence-corrected chi connectivity index (χ1v) is 6.63. The molecule has 0 bridgehead atoms. The maximum absolute atomic E-state index is 5.06. The smallest absolute Gasteiger partial charge is 0.250 e. The van der Waals surface area contributed by atoms with Gasteiger partial charge < -0.3 is 13.3 Å². The van der Waals surface area contributed by atoms with E-state index in [1.54, 1.807) is 12.5 Å². The average molecular weight is 276 g/mol. The van der Waals surface area contributed by atoms with Crippen molar-refractivity contribution in [3.63, 3.8) is 0 Å². The van der Waals surface area contributed by atoms with E-state index < -0.39 is 0 Å². The normalized spacial score (nSPS) is 9.20. The molecular formula is C15H20N2O3. The number of aromatic nitrogens is 2. The molecule has 0 N–H and O–H groups in total. The van der Waals surface area contributed by atoms with E-state index in [9.17, 15) is 0 Å². The summed E-state index contributed by atoms with van der Waals surface area (Å²) in [5.74, 6) is 2.38. The van der Waals surface area contributed by atoms with E-state index in [0.29, 0.717) is 5.89 Å². The molecule has 3 heterocycles. The van der Waals surface area contributed by atoms with E-state index in [1.165, 1.54) is 6.39 Å². The molecule has 5 nitrogen and oxygen atoms in total. The SMILES string of the molecule is CC.CCc1ccco1.Cc1cc(-c2nnco2)co1. The van der Waals surface area contributed by atoms with Gasteiger partial charge in [0.25, 0.3) is 5.89 Å². The van der Waals surface area contributed by atoms with E-state index >= 15 is 0 Å². The number of hydrogen-bond acceptors (Lipinski definition) is 5. The van der Waals surface area contributed by atoms with Crippen LogP contribution in [-0.4, -0.2) is 10.2 Å². The zero-order valence-electron chi connectivity index (χ0n) is 12.3. The standard InChI is InChI=1S/C7H6N2O2.C6H8O.C2H6/c1-5-2-6(3-10-5)7-9-8-4-11-7;1-2-6-4-3-5-7-6;1-2/h2-4H,1H3;3-5H,2H2,1H3;1-2H3. The minimum absolute atomic E-state index is 0.488. The van der Waals surface area contributed by atoms with E-state index in [1.807, 2.05) is 39.0 Å². The second-order valence-electron chi connectivity index (χ2n) is 3.62. The van der Waals surface area contributed by atoms with Crippen LogP contribution < -0.4 is 0 Å². The van der Waals surface area contributed by atoms with E-state index in [0.717, 1.165) is 23.5 Å². The van der Waals surface area contributed by atoms with Crippen LogP contribution in [0, 0.1) is 6.92 Å². The molecule has 0 unspecified atom stereocenters. The van der Waals surface area contributed by atoms with Crippen LogP contribution in [0.2, 0.25) is 0 Å². The highest BCUT2D eigenvalue weighted by molar-refractivity contribution is 5.50. The monoisotopic (exact) mass is 276 g/mol. The Morgan fingerprint density at radius 2 is 1.95 bits per heavy atom. The van der Waals surface area contributed by atoms with E-state index in [4.69, 9.17) is 13.3 Å². The van der Waals surface area contributed by atoms with E-state index in [2.05, 4.69) is 17.1 Å². The van der Waals surface area contributed by atoms with Crippen LogP contribution in [0.5, 0.6) is 0 Å². The van der Waals surface area contributed by atoms with Gasteiger partial charge in [0.05, 0.1) is 11.8 Å². The zero-order chi connectivity index (χ0) is 14.8. The molecule has 5 heteroatoms. The summed E-state index contributed by atoms with van der Waals surface area (Å²) < 4.78 is 15.0. The minimum Gasteiger partial charge on any atom is -0.469 e. The fourth-order valence-electron chi connectivity index (χ4n) is 1.37. The Balaban J connectivity index is 0.000000193. The van der Waals surface area contributed by atoms with Crippen molar-refractivity contribution in [2.24, 2.45) is 0 Å². The molecule has 0 saturated heterocycles. The molecule has 0 aliphatic carbocycles. The lowest BCUT2D eigenvalue weighted by molar-refractivity contribution is 0.516. The third-order valence-corrected chi connectivity index (χ3v) is 2.27. The Hall–Kier alpha value is -2.30. The quantitative estimate of drug-likeness (QED) is 0.689. The molecule has 108 valence electrons. The number of nitrogens with zero attached hydrogens (tertiary/aromatic N) is 2. The van der Waals surface area contributed by atoms with Crippen LogP contribution in [-0.2, 0) is 6.42 Å². The largest absolute Gasteiger partial charge is 0.469 e. The molecule has 0 aliphatic heterocycles. The van der Waals surface area contributed by atoms with Gasteiger partial charge in [-0.25, -0.2) is 0 Å². The maximum atomic E-state index is 5.06. The van der Waals surface area contributed by atoms with Crippen molar-refractivity contribution >= 4 is 0 Å². The van der Waals surface area contributed by atoms with Gasteiger partial charge in [-0.15, -0.1) is 10.2 Å². The predicted octanol–water partition coefficient (Wildman–Crippen LogP) is 4.51. The van der Waals surface area contributed by atoms with Crippen LogP contribution in [0.4, 0.5) is 0 Å². The molecule has 0 spiro atoms. The van der Waals surface area contributed by atoms with Crippen LogP contribution >= 0.6 is 0 Å². The van der Waals surface area contributed by atoms with Gasteiger partial charge in [0.1, 0.15) is 17.8 Å². The van der Waals surface area contributed by atoms with Crippen LogP contribution in [0.3, 0.4) is 0 Å². The lowest BCUT2D eigenvalue weighted by atomic mass is 10.3. The zero-order valence-corrected chi connectivity index (χ0v) is 12.3. The molecule has 0 amide bonds. The highest BCUT2D eigenvalue weighted by atomic mass is 16.4. The van der Waals surface area contributed by atoms with Crippen molar-refractivity contribution in [2.45, 2.75) is 34.1 Å². The van der Waals surface area contributed by atoms with Crippen molar-refractivity contribution in [1.82, 2.24) is 10.2 Å². The minimum atomic E-state index is 0.488.